The van der Waals surface area contributed by atoms with Crippen LogP contribution in [0, 0.1) is 17.1 Å². The first-order valence-electron chi connectivity index (χ1n) is 5.46. The van der Waals surface area contributed by atoms with Crippen molar-refractivity contribution in [2.45, 2.75) is 13.3 Å². The number of benzene rings is 1. The van der Waals surface area contributed by atoms with Crippen molar-refractivity contribution in [3.05, 3.63) is 41.2 Å². The highest BCUT2D eigenvalue weighted by atomic mass is 19.1. The van der Waals surface area contributed by atoms with Crippen molar-refractivity contribution >= 4 is 5.97 Å². The van der Waals surface area contributed by atoms with E-state index in [-0.39, 0.29) is 11.4 Å². The van der Waals surface area contributed by atoms with Gasteiger partial charge in [0.1, 0.15) is 17.7 Å². The number of aromatic nitrogens is 3. The standard InChI is InChI=1S/C12H9FN4O2/c1-2-10-15-11(12(18)19)16-17(10)8-3-4-9(13)7(5-8)6-14/h3-5H,2H2,1H3,(H,18,19). The van der Waals surface area contributed by atoms with Crippen LogP contribution in [0.4, 0.5) is 4.39 Å². The zero-order valence-electron chi connectivity index (χ0n) is 9.96. The van der Waals surface area contributed by atoms with Crippen LogP contribution >= 0.6 is 0 Å². The Labute approximate surface area is 107 Å². The van der Waals surface area contributed by atoms with Gasteiger partial charge < -0.3 is 5.11 Å². The normalized spacial score (nSPS) is 10.2. The van der Waals surface area contributed by atoms with Crippen LogP contribution < -0.4 is 0 Å². The summed E-state index contributed by atoms with van der Waals surface area (Å²) >= 11 is 0. The molecule has 0 radical (unpaired) electrons. The van der Waals surface area contributed by atoms with E-state index in [2.05, 4.69) is 10.1 Å². The van der Waals surface area contributed by atoms with Gasteiger partial charge in [0.25, 0.3) is 5.82 Å². The maximum atomic E-state index is 13.2. The molecular formula is C12H9FN4O2. The van der Waals surface area contributed by atoms with Crippen molar-refractivity contribution in [3.8, 4) is 11.8 Å². The van der Waals surface area contributed by atoms with Gasteiger partial charge in [-0.25, -0.2) is 18.9 Å². The van der Waals surface area contributed by atoms with Crippen LogP contribution in [-0.2, 0) is 6.42 Å². The first-order chi connectivity index (χ1) is 9.06. The Morgan fingerprint density at radius 3 is 2.89 bits per heavy atom. The molecule has 0 fully saturated rings. The van der Waals surface area contributed by atoms with E-state index in [1.165, 1.54) is 16.8 Å². The molecule has 19 heavy (non-hydrogen) atoms. The number of hydrogen-bond acceptors (Lipinski definition) is 4. The minimum Gasteiger partial charge on any atom is -0.475 e. The van der Waals surface area contributed by atoms with Crippen LogP contribution in [0.1, 0.15) is 28.9 Å². The van der Waals surface area contributed by atoms with Crippen molar-refractivity contribution in [2.75, 3.05) is 0 Å². The highest BCUT2D eigenvalue weighted by molar-refractivity contribution is 5.83. The van der Waals surface area contributed by atoms with Gasteiger partial charge in [-0.2, -0.15) is 5.26 Å². The van der Waals surface area contributed by atoms with Gasteiger partial charge in [0, 0.05) is 6.42 Å². The molecule has 0 atom stereocenters. The lowest BCUT2D eigenvalue weighted by molar-refractivity contribution is 0.0683. The number of hydrogen-bond donors (Lipinski definition) is 1. The van der Waals surface area contributed by atoms with E-state index in [0.29, 0.717) is 17.9 Å². The van der Waals surface area contributed by atoms with Crippen LogP contribution in [0.3, 0.4) is 0 Å². The molecule has 0 spiro atoms. The average molecular weight is 260 g/mol. The zero-order chi connectivity index (χ0) is 14.0. The molecule has 1 heterocycles. The summed E-state index contributed by atoms with van der Waals surface area (Å²) in [5.74, 6) is -1.79. The second-order valence-electron chi connectivity index (χ2n) is 3.70. The van der Waals surface area contributed by atoms with Crippen LogP contribution in [0.2, 0.25) is 0 Å². The Morgan fingerprint density at radius 1 is 1.58 bits per heavy atom. The van der Waals surface area contributed by atoms with Crippen LogP contribution in [0.5, 0.6) is 0 Å². The molecule has 96 valence electrons. The Bertz CT molecular complexity index is 688. The number of carboxylic acid groups (broad SMARTS) is 1. The monoisotopic (exact) mass is 260 g/mol. The molecule has 1 aromatic carbocycles. The first kappa shape index (κ1) is 12.7. The molecule has 2 aromatic rings. The van der Waals surface area contributed by atoms with Crippen LogP contribution in [0.25, 0.3) is 5.69 Å². The van der Waals surface area contributed by atoms with Crippen molar-refractivity contribution < 1.29 is 14.3 Å². The third-order valence-corrected chi connectivity index (χ3v) is 2.50. The molecule has 0 bridgehead atoms. The first-order valence-corrected chi connectivity index (χ1v) is 5.46. The lowest BCUT2D eigenvalue weighted by Crippen LogP contribution is -2.04. The molecule has 6 nitrogen and oxygen atoms in total. The Hall–Kier alpha value is -2.75. The minimum absolute atomic E-state index is 0.132. The number of carbonyl (C=O) groups is 1. The maximum Gasteiger partial charge on any atom is 0.375 e. The molecule has 0 aliphatic carbocycles. The quantitative estimate of drug-likeness (QED) is 0.903. The highest BCUT2D eigenvalue weighted by Crippen LogP contribution is 2.15. The summed E-state index contributed by atoms with van der Waals surface area (Å²) in [6, 6.07) is 5.57. The van der Waals surface area contributed by atoms with Gasteiger partial charge in [-0.05, 0) is 18.2 Å². The van der Waals surface area contributed by atoms with Gasteiger partial charge in [-0.1, -0.05) is 6.92 Å². The zero-order valence-corrected chi connectivity index (χ0v) is 9.96. The number of aromatic carboxylic acids is 1. The summed E-state index contributed by atoms with van der Waals surface area (Å²) in [5, 5.41) is 21.5. The highest BCUT2D eigenvalue weighted by Gasteiger charge is 2.16. The maximum absolute atomic E-state index is 13.2. The van der Waals surface area contributed by atoms with Gasteiger partial charge in [0.2, 0.25) is 0 Å². The number of rotatable bonds is 3. The molecule has 7 heteroatoms. The van der Waals surface area contributed by atoms with Crippen molar-refractivity contribution in [2.24, 2.45) is 0 Å². The molecule has 2 rings (SSSR count). The summed E-state index contributed by atoms with van der Waals surface area (Å²) < 4.78 is 14.5. The Kier molecular flexibility index (Phi) is 3.25. The van der Waals surface area contributed by atoms with Crippen LogP contribution in [0.15, 0.2) is 18.2 Å². The predicted molar refractivity (Wildman–Crippen MR) is 62.4 cm³/mol. The molecule has 0 saturated carbocycles. The molecule has 1 aromatic heterocycles. The topological polar surface area (TPSA) is 91.8 Å². The fourth-order valence-electron chi connectivity index (χ4n) is 1.60. The summed E-state index contributed by atoms with van der Waals surface area (Å²) in [6.45, 7) is 1.79. The molecule has 0 saturated heterocycles. The summed E-state index contributed by atoms with van der Waals surface area (Å²) in [5.41, 5.74) is 0.265. The Balaban J connectivity index is 2.58. The van der Waals surface area contributed by atoms with Crippen molar-refractivity contribution in [1.29, 1.82) is 5.26 Å². The van der Waals surface area contributed by atoms with Gasteiger partial charge >= 0.3 is 5.97 Å². The third-order valence-electron chi connectivity index (χ3n) is 2.50. The number of aryl methyl sites for hydroxylation is 1. The number of nitriles is 1. The van der Waals surface area contributed by atoms with Gasteiger partial charge in [-0.15, -0.1) is 5.10 Å². The lowest BCUT2D eigenvalue weighted by Gasteiger charge is -2.04. The third kappa shape index (κ3) is 2.28. The SMILES string of the molecule is CCc1nc(C(=O)O)nn1-c1ccc(F)c(C#N)c1. The fourth-order valence-corrected chi connectivity index (χ4v) is 1.60. The van der Waals surface area contributed by atoms with Crippen molar-refractivity contribution in [3.63, 3.8) is 0 Å². The number of carboxylic acids is 1. The minimum atomic E-state index is -1.24. The number of nitrogens with zero attached hydrogens (tertiary/aromatic N) is 4. The van der Waals surface area contributed by atoms with Crippen molar-refractivity contribution in [1.82, 2.24) is 14.8 Å². The largest absolute Gasteiger partial charge is 0.475 e. The second-order valence-corrected chi connectivity index (χ2v) is 3.70. The van der Waals surface area contributed by atoms with E-state index in [1.807, 2.05) is 0 Å². The summed E-state index contributed by atoms with van der Waals surface area (Å²) in [7, 11) is 0. The Morgan fingerprint density at radius 2 is 2.32 bits per heavy atom. The fraction of sp³-hybridized carbons (Fsp3) is 0.167. The van der Waals surface area contributed by atoms with Crippen LogP contribution in [-0.4, -0.2) is 25.8 Å². The molecular weight excluding hydrogens is 251 g/mol. The van der Waals surface area contributed by atoms with Gasteiger partial charge in [-0.3, -0.25) is 0 Å². The van der Waals surface area contributed by atoms with E-state index in [9.17, 15) is 9.18 Å². The van der Waals surface area contributed by atoms with E-state index < -0.39 is 11.8 Å². The molecule has 0 amide bonds. The predicted octanol–water partition coefficient (Wildman–Crippen LogP) is 1.54. The second kappa shape index (κ2) is 4.86. The average Bonchev–Trinajstić information content (AvgIpc) is 2.83. The van der Waals surface area contributed by atoms with E-state index in [4.69, 9.17) is 10.4 Å². The molecule has 0 aliphatic heterocycles. The summed E-state index contributed by atoms with van der Waals surface area (Å²) in [4.78, 5) is 14.7. The van der Waals surface area contributed by atoms with E-state index in [0.717, 1.165) is 6.07 Å². The van der Waals surface area contributed by atoms with E-state index in [1.54, 1.807) is 13.0 Å². The smallest absolute Gasteiger partial charge is 0.375 e. The number of halogens is 1. The molecule has 1 N–H and O–H groups in total. The van der Waals surface area contributed by atoms with E-state index >= 15 is 0 Å². The lowest BCUT2D eigenvalue weighted by atomic mass is 10.2. The molecule has 0 aliphatic rings. The van der Waals surface area contributed by atoms with Gasteiger partial charge in [0.15, 0.2) is 0 Å². The molecule has 0 unspecified atom stereocenters. The summed E-state index contributed by atoms with van der Waals surface area (Å²) in [6.07, 6.45) is 0.458. The van der Waals surface area contributed by atoms with Gasteiger partial charge in [0.05, 0.1) is 11.3 Å².